The van der Waals surface area contributed by atoms with Gasteiger partial charge in [0.05, 0.1) is 37.5 Å². The van der Waals surface area contributed by atoms with Gasteiger partial charge in [0.2, 0.25) is 0 Å². The van der Waals surface area contributed by atoms with Crippen LogP contribution in [0.25, 0.3) is 0 Å². The van der Waals surface area contributed by atoms with Crippen LogP contribution in [0.2, 0.25) is 0 Å². The molecule has 4 atom stereocenters. The Balaban J connectivity index is 0.00000176. The van der Waals surface area contributed by atoms with Gasteiger partial charge in [-0.3, -0.25) is 4.99 Å². The van der Waals surface area contributed by atoms with Gasteiger partial charge < -0.3 is 25.0 Å². The molecule has 7 heteroatoms. The Labute approximate surface area is 150 Å². The van der Waals surface area contributed by atoms with Gasteiger partial charge in [-0.2, -0.15) is 0 Å². The van der Waals surface area contributed by atoms with Crippen molar-refractivity contribution in [3.05, 3.63) is 0 Å². The zero-order valence-corrected chi connectivity index (χ0v) is 15.9. The first-order valence-electron chi connectivity index (χ1n) is 8.25. The number of hydrogen-bond donors (Lipinski definition) is 2. The van der Waals surface area contributed by atoms with Crippen molar-refractivity contribution in [1.82, 2.24) is 15.5 Å². The van der Waals surface area contributed by atoms with Crippen LogP contribution in [0.4, 0.5) is 0 Å². The molecule has 3 aliphatic heterocycles. The van der Waals surface area contributed by atoms with Gasteiger partial charge in [0.25, 0.3) is 0 Å². The third-order valence-electron chi connectivity index (χ3n) is 4.57. The van der Waals surface area contributed by atoms with Gasteiger partial charge in [-0.15, -0.1) is 24.0 Å². The fourth-order valence-corrected chi connectivity index (χ4v) is 3.46. The minimum absolute atomic E-state index is 0. The second-order valence-electron chi connectivity index (χ2n) is 6.34. The molecule has 3 fully saturated rings. The van der Waals surface area contributed by atoms with Crippen LogP contribution in [0.3, 0.4) is 0 Å². The van der Waals surface area contributed by atoms with Gasteiger partial charge >= 0.3 is 0 Å². The fourth-order valence-electron chi connectivity index (χ4n) is 3.46. The number of morpholine rings is 1. The lowest BCUT2D eigenvalue weighted by Gasteiger charge is -2.29. The molecular formula is C15H29IN4O2. The standard InChI is InChI=1S/C15H28N4O2.HI/c1-3-16-15(17-9-12-10-19(2)6-7-20-12)18-13-8-11-4-5-14(13)21-11;/h11-14H,3-10H2,1-2H3,(H2,16,17,18);1H. The summed E-state index contributed by atoms with van der Waals surface area (Å²) in [6, 6.07) is 0.413. The molecular weight excluding hydrogens is 395 g/mol. The molecule has 6 nitrogen and oxygen atoms in total. The van der Waals surface area contributed by atoms with Gasteiger partial charge in [0, 0.05) is 19.6 Å². The molecule has 2 N–H and O–H groups in total. The predicted octanol–water partition coefficient (Wildman–Crippen LogP) is 0.810. The van der Waals surface area contributed by atoms with E-state index in [2.05, 4.69) is 29.5 Å². The highest BCUT2D eigenvalue weighted by Crippen LogP contribution is 2.34. The first kappa shape index (κ1) is 18.2. The maximum absolute atomic E-state index is 5.90. The molecule has 2 bridgehead atoms. The lowest BCUT2D eigenvalue weighted by Crippen LogP contribution is -2.48. The van der Waals surface area contributed by atoms with Crippen LogP contribution < -0.4 is 10.6 Å². The number of rotatable bonds is 4. The monoisotopic (exact) mass is 424 g/mol. The molecule has 0 spiro atoms. The van der Waals surface area contributed by atoms with Crippen molar-refractivity contribution in [3.8, 4) is 0 Å². The van der Waals surface area contributed by atoms with Crippen LogP contribution in [0.1, 0.15) is 26.2 Å². The predicted molar refractivity (Wildman–Crippen MR) is 98.1 cm³/mol. The van der Waals surface area contributed by atoms with E-state index < -0.39 is 0 Å². The molecule has 0 amide bonds. The Kier molecular flexibility index (Phi) is 7.17. The van der Waals surface area contributed by atoms with Gasteiger partial charge in [0.15, 0.2) is 5.96 Å². The topological polar surface area (TPSA) is 58.1 Å². The summed E-state index contributed by atoms with van der Waals surface area (Å²) in [5.41, 5.74) is 0. The number of nitrogens with one attached hydrogen (secondary N) is 2. The average Bonchev–Trinajstić information content (AvgIpc) is 3.08. The molecule has 3 rings (SSSR count). The minimum atomic E-state index is 0. The number of guanidine groups is 1. The Morgan fingerprint density at radius 1 is 1.36 bits per heavy atom. The third-order valence-corrected chi connectivity index (χ3v) is 4.57. The number of nitrogens with zero attached hydrogens (tertiary/aromatic N) is 2. The summed E-state index contributed by atoms with van der Waals surface area (Å²) in [4.78, 5) is 7.01. The molecule has 0 radical (unpaired) electrons. The Morgan fingerprint density at radius 2 is 2.23 bits per heavy atom. The molecule has 0 aliphatic carbocycles. The summed E-state index contributed by atoms with van der Waals surface area (Å²) in [7, 11) is 2.13. The Morgan fingerprint density at radius 3 is 2.86 bits per heavy atom. The van der Waals surface area contributed by atoms with Crippen molar-refractivity contribution in [2.24, 2.45) is 4.99 Å². The summed E-state index contributed by atoms with van der Waals surface area (Å²) < 4.78 is 11.7. The highest BCUT2D eigenvalue weighted by molar-refractivity contribution is 14.0. The molecule has 0 aromatic rings. The largest absolute Gasteiger partial charge is 0.374 e. The molecule has 0 aromatic heterocycles. The number of ether oxygens (including phenoxy) is 2. The number of likely N-dealkylation sites (N-methyl/N-ethyl adjacent to an activating group) is 1. The molecule has 4 unspecified atom stereocenters. The first-order valence-corrected chi connectivity index (χ1v) is 8.25. The average molecular weight is 424 g/mol. The van der Waals surface area contributed by atoms with E-state index in [4.69, 9.17) is 14.5 Å². The lowest BCUT2D eigenvalue weighted by molar-refractivity contribution is -0.0136. The summed E-state index contributed by atoms with van der Waals surface area (Å²) in [6.45, 7) is 6.46. The van der Waals surface area contributed by atoms with E-state index in [0.29, 0.717) is 24.8 Å². The van der Waals surface area contributed by atoms with Crippen LogP contribution in [-0.2, 0) is 9.47 Å². The SMILES string of the molecule is CCNC(=NCC1CN(C)CCO1)NC1CC2CCC1O2.I. The quantitative estimate of drug-likeness (QED) is 0.398. The highest BCUT2D eigenvalue weighted by atomic mass is 127. The number of halogens is 1. The zero-order valence-electron chi connectivity index (χ0n) is 13.6. The Bertz CT molecular complexity index is 383. The molecule has 3 saturated heterocycles. The lowest BCUT2D eigenvalue weighted by atomic mass is 9.96. The fraction of sp³-hybridized carbons (Fsp3) is 0.933. The number of hydrogen-bond acceptors (Lipinski definition) is 4. The summed E-state index contributed by atoms with van der Waals surface area (Å²) in [6.07, 6.45) is 4.55. The van der Waals surface area contributed by atoms with Crippen molar-refractivity contribution in [1.29, 1.82) is 0 Å². The Hall–Kier alpha value is -0.120. The van der Waals surface area contributed by atoms with Crippen LogP contribution in [-0.4, -0.2) is 75.0 Å². The number of fused-ring (bicyclic) bond motifs is 2. The second-order valence-corrected chi connectivity index (χ2v) is 6.34. The maximum atomic E-state index is 5.90. The molecule has 3 aliphatic rings. The molecule has 3 heterocycles. The molecule has 0 aromatic carbocycles. The minimum Gasteiger partial charge on any atom is -0.374 e. The van der Waals surface area contributed by atoms with Crippen LogP contribution in [0.15, 0.2) is 4.99 Å². The van der Waals surface area contributed by atoms with Gasteiger partial charge in [-0.05, 0) is 33.2 Å². The van der Waals surface area contributed by atoms with Crippen molar-refractivity contribution in [2.45, 2.75) is 50.5 Å². The van der Waals surface area contributed by atoms with E-state index in [-0.39, 0.29) is 30.1 Å². The first-order chi connectivity index (χ1) is 10.2. The summed E-state index contributed by atoms with van der Waals surface area (Å²) in [5, 5.41) is 6.88. The molecule has 22 heavy (non-hydrogen) atoms. The van der Waals surface area contributed by atoms with E-state index in [9.17, 15) is 0 Å². The summed E-state index contributed by atoms with van der Waals surface area (Å²) >= 11 is 0. The highest BCUT2D eigenvalue weighted by Gasteiger charge is 2.41. The zero-order chi connectivity index (χ0) is 14.7. The molecule has 0 saturated carbocycles. The summed E-state index contributed by atoms with van der Waals surface area (Å²) in [5.74, 6) is 0.899. The van der Waals surface area contributed by atoms with E-state index >= 15 is 0 Å². The van der Waals surface area contributed by atoms with Crippen molar-refractivity contribution in [3.63, 3.8) is 0 Å². The second kappa shape index (κ2) is 8.65. The van der Waals surface area contributed by atoms with Crippen LogP contribution in [0, 0.1) is 0 Å². The molecule has 128 valence electrons. The van der Waals surface area contributed by atoms with E-state index in [1.54, 1.807) is 0 Å². The van der Waals surface area contributed by atoms with Gasteiger partial charge in [-0.1, -0.05) is 0 Å². The smallest absolute Gasteiger partial charge is 0.191 e. The van der Waals surface area contributed by atoms with E-state index in [1.807, 2.05) is 0 Å². The third kappa shape index (κ3) is 4.69. The van der Waals surface area contributed by atoms with Crippen LogP contribution in [0.5, 0.6) is 0 Å². The van der Waals surface area contributed by atoms with Gasteiger partial charge in [-0.25, -0.2) is 0 Å². The van der Waals surface area contributed by atoms with Crippen LogP contribution >= 0.6 is 24.0 Å². The van der Waals surface area contributed by atoms with E-state index in [1.165, 1.54) is 12.8 Å². The maximum Gasteiger partial charge on any atom is 0.191 e. The van der Waals surface area contributed by atoms with Crippen molar-refractivity contribution >= 4 is 29.9 Å². The normalized spacial score (nSPS) is 35.3. The van der Waals surface area contributed by atoms with Gasteiger partial charge in [0.1, 0.15) is 0 Å². The van der Waals surface area contributed by atoms with Crippen molar-refractivity contribution in [2.75, 3.05) is 39.8 Å². The number of aliphatic imine (C=N–C) groups is 1. The van der Waals surface area contributed by atoms with E-state index in [0.717, 1.165) is 38.6 Å². The van der Waals surface area contributed by atoms with Crippen molar-refractivity contribution < 1.29 is 9.47 Å².